The summed E-state index contributed by atoms with van der Waals surface area (Å²) in [4.78, 5) is 12.0. The number of aliphatic carboxylic acids is 1. The molecule has 1 unspecified atom stereocenters. The monoisotopic (exact) mass is 472 g/mol. The fourth-order valence-corrected chi connectivity index (χ4v) is 3.64. The van der Waals surface area contributed by atoms with Gasteiger partial charge in [-0.1, -0.05) is 89.9 Å². The van der Waals surface area contributed by atoms with Gasteiger partial charge in [0.2, 0.25) is 0 Å². The predicted octanol–water partition coefficient (Wildman–Crippen LogP) is 7.05. The number of benzene rings is 3. The molecule has 3 nitrogen and oxygen atoms in total. The highest BCUT2D eigenvalue weighted by atomic mass is 79.9. The summed E-state index contributed by atoms with van der Waals surface area (Å²) in [5, 5.41) is 10.4. The normalized spacial score (nSPS) is 13.1. The van der Waals surface area contributed by atoms with Gasteiger partial charge < -0.3 is 9.84 Å². The van der Waals surface area contributed by atoms with Crippen molar-refractivity contribution in [2.24, 2.45) is 5.92 Å². The molecule has 0 heterocycles. The van der Waals surface area contributed by atoms with Gasteiger partial charge >= 0.3 is 5.97 Å². The van der Waals surface area contributed by atoms with Gasteiger partial charge in [-0.25, -0.2) is 0 Å². The number of carboxylic acid groups (broad SMARTS) is 1. The molecule has 5 heteroatoms. The maximum atomic E-state index is 12.0. The van der Waals surface area contributed by atoms with E-state index < -0.39 is 10.3 Å². The lowest BCUT2D eigenvalue weighted by atomic mass is 9.86. The van der Waals surface area contributed by atoms with Gasteiger partial charge in [-0.15, -0.1) is 0 Å². The van der Waals surface area contributed by atoms with Gasteiger partial charge in [0.1, 0.15) is 15.8 Å². The van der Waals surface area contributed by atoms with Crippen molar-refractivity contribution in [3.8, 4) is 11.5 Å². The largest absolute Gasteiger partial charge is 0.480 e. The summed E-state index contributed by atoms with van der Waals surface area (Å²) in [5.74, 6) is 0.425. The van der Waals surface area contributed by atoms with E-state index in [0.717, 1.165) is 22.6 Å². The van der Waals surface area contributed by atoms with Gasteiger partial charge in [-0.05, 0) is 46.9 Å². The first kappa shape index (κ1) is 21.4. The van der Waals surface area contributed by atoms with Crippen LogP contribution in [0, 0.1) is 5.92 Å². The molecule has 29 heavy (non-hydrogen) atoms. The third kappa shape index (κ3) is 4.65. The van der Waals surface area contributed by atoms with E-state index in [0.29, 0.717) is 17.0 Å². The van der Waals surface area contributed by atoms with E-state index in [2.05, 4.69) is 15.9 Å². The molecule has 0 saturated carbocycles. The van der Waals surface area contributed by atoms with E-state index >= 15 is 0 Å². The second-order valence-electron chi connectivity index (χ2n) is 7.18. The summed E-state index contributed by atoms with van der Waals surface area (Å²) in [5.41, 5.74) is 2.48. The van der Waals surface area contributed by atoms with Gasteiger partial charge in [0, 0.05) is 11.4 Å². The Bertz CT molecular complexity index is 1000. The van der Waals surface area contributed by atoms with Crippen molar-refractivity contribution in [2.75, 3.05) is 0 Å². The molecular weight excluding hydrogens is 452 g/mol. The number of carbonyl (C=O) groups is 1. The number of alkyl halides is 1. The van der Waals surface area contributed by atoms with Crippen LogP contribution >= 0.6 is 27.5 Å². The van der Waals surface area contributed by atoms with Gasteiger partial charge in [0.05, 0.1) is 0 Å². The summed E-state index contributed by atoms with van der Waals surface area (Å²) in [6.45, 7) is 3.75. The van der Waals surface area contributed by atoms with Crippen LogP contribution in [0.4, 0.5) is 0 Å². The molecule has 0 amide bonds. The van der Waals surface area contributed by atoms with Crippen LogP contribution < -0.4 is 4.74 Å². The van der Waals surface area contributed by atoms with Crippen LogP contribution in [0.1, 0.15) is 30.5 Å². The average Bonchev–Trinajstić information content (AvgIpc) is 2.71. The van der Waals surface area contributed by atoms with Crippen molar-refractivity contribution in [3.05, 3.63) is 94.5 Å². The summed E-state index contributed by atoms with van der Waals surface area (Å²) >= 11 is 9.92. The lowest BCUT2D eigenvalue weighted by Gasteiger charge is -2.28. The maximum absolute atomic E-state index is 12.0. The summed E-state index contributed by atoms with van der Waals surface area (Å²) in [7, 11) is 0. The topological polar surface area (TPSA) is 46.5 Å². The van der Waals surface area contributed by atoms with Crippen LogP contribution in [-0.4, -0.2) is 11.1 Å². The van der Waals surface area contributed by atoms with E-state index in [1.807, 2.05) is 74.5 Å². The van der Waals surface area contributed by atoms with Crippen molar-refractivity contribution in [3.63, 3.8) is 0 Å². The molecule has 0 aromatic heterocycles. The van der Waals surface area contributed by atoms with Crippen LogP contribution in [0.25, 0.3) is 0 Å². The van der Waals surface area contributed by atoms with Crippen molar-refractivity contribution < 1.29 is 14.6 Å². The second kappa shape index (κ2) is 9.02. The fourth-order valence-electron chi connectivity index (χ4n) is 3.21. The lowest BCUT2D eigenvalue weighted by molar-refractivity contribution is -0.141. The molecule has 0 aliphatic carbocycles. The molecule has 3 aromatic carbocycles. The van der Waals surface area contributed by atoms with Crippen molar-refractivity contribution in [1.82, 2.24) is 0 Å². The molecule has 1 N–H and O–H groups in total. The number of ether oxygens (including phenoxy) is 1. The smallest absolute Gasteiger partial charge is 0.325 e. The third-order valence-electron chi connectivity index (χ3n) is 4.90. The first-order valence-electron chi connectivity index (χ1n) is 9.34. The van der Waals surface area contributed by atoms with Crippen LogP contribution in [0.5, 0.6) is 11.5 Å². The first-order chi connectivity index (χ1) is 13.8. The molecule has 0 bridgehead atoms. The minimum Gasteiger partial charge on any atom is -0.480 e. The zero-order chi connectivity index (χ0) is 21.0. The second-order valence-corrected chi connectivity index (χ2v) is 8.84. The standard InChI is InChI=1S/C24H22BrClO3/c1-16(2)24(25,23(27)28)19-12-13-21(26)18(15-19)14-17-8-6-7-11-22(17)29-20-9-4-3-5-10-20/h3-13,15-16H,14H2,1-2H3,(H,27,28). The Kier molecular flexibility index (Phi) is 6.66. The molecule has 0 saturated heterocycles. The molecule has 0 aliphatic rings. The fraction of sp³-hybridized carbons (Fsp3) is 0.208. The zero-order valence-corrected chi connectivity index (χ0v) is 18.6. The minimum absolute atomic E-state index is 0.150. The van der Waals surface area contributed by atoms with E-state index in [9.17, 15) is 9.90 Å². The molecule has 1 atom stereocenters. The van der Waals surface area contributed by atoms with Crippen molar-refractivity contribution >= 4 is 33.5 Å². The number of rotatable bonds is 7. The predicted molar refractivity (Wildman–Crippen MR) is 120 cm³/mol. The van der Waals surface area contributed by atoms with Gasteiger partial charge in [-0.2, -0.15) is 0 Å². The minimum atomic E-state index is -1.17. The molecule has 3 rings (SSSR count). The Morgan fingerprint density at radius 1 is 1.03 bits per heavy atom. The first-order valence-corrected chi connectivity index (χ1v) is 10.5. The highest BCUT2D eigenvalue weighted by molar-refractivity contribution is 9.10. The molecule has 0 aliphatic heterocycles. The Hall–Kier alpha value is -2.30. The highest BCUT2D eigenvalue weighted by Gasteiger charge is 2.41. The van der Waals surface area contributed by atoms with Gasteiger partial charge in [-0.3, -0.25) is 4.79 Å². The van der Waals surface area contributed by atoms with E-state index in [-0.39, 0.29) is 5.92 Å². The van der Waals surface area contributed by atoms with Gasteiger partial charge in [0.15, 0.2) is 0 Å². The van der Waals surface area contributed by atoms with E-state index in [4.69, 9.17) is 16.3 Å². The van der Waals surface area contributed by atoms with Crippen molar-refractivity contribution in [1.29, 1.82) is 0 Å². The Balaban J connectivity index is 1.96. The molecule has 0 radical (unpaired) electrons. The van der Waals surface area contributed by atoms with Gasteiger partial charge in [0.25, 0.3) is 0 Å². The number of carboxylic acids is 1. The molecule has 150 valence electrons. The molecule has 0 spiro atoms. The van der Waals surface area contributed by atoms with E-state index in [1.165, 1.54) is 0 Å². The number of halogens is 2. The Morgan fingerprint density at radius 3 is 2.34 bits per heavy atom. The summed E-state index contributed by atoms with van der Waals surface area (Å²) < 4.78 is 4.87. The highest BCUT2D eigenvalue weighted by Crippen LogP contribution is 2.41. The van der Waals surface area contributed by atoms with E-state index in [1.54, 1.807) is 12.1 Å². The third-order valence-corrected chi connectivity index (χ3v) is 6.98. The van der Waals surface area contributed by atoms with Crippen LogP contribution in [0.15, 0.2) is 72.8 Å². The Labute approximate surface area is 184 Å². The quantitative estimate of drug-likeness (QED) is 0.374. The Morgan fingerprint density at radius 2 is 1.69 bits per heavy atom. The van der Waals surface area contributed by atoms with Crippen LogP contribution in [-0.2, 0) is 15.5 Å². The van der Waals surface area contributed by atoms with Crippen molar-refractivity contribution in [2.45, 2.75) is 24.6 Å². The zero-order valence-electron chi connectivity index (χ0n) is 16.2. The maximum Gasteiger partial charge on any atom is 0.325 e. The SMILES string of the molecule is CC(C)C(Br)(C(=O)O)c1ccc(Cl)c(Cc2ccccc2Oc2ccccc2)c1. The average molecular weight is 474 g/mol. The molecule has 0 fully saturated rings. The lowest BCUT2D eigenvalue weighted by Crippen LogP contribution is -2.34. The molecular formula is C24H22BrClO3. The molecule has 3 aromatic rings. The summed E-state index contributed by atoms with van der Waals surface area (Å²) in [6.07, 6.45) is 0.524. The number of hydrogen-bond donors (Lipinski definition) is 1. The van der Waals surface area contributed by atoms with Crippen LogP contribution in [0.2, 0.25) is 5.02 Å². The summed E-state index contributed by atoms with van der Waals surface area (Å²) in [6, 6.07) is 22.8. The number of para-hydroxylation sites is 2. The van der Waals surface area contributed by atoms with Crippen LogP contribution in [0.3, 0.4) is 0 Å². The number of hydrogen-bond acceptors (Lipinski definition) is 2.